The molecule has 0 atom stereocenters. The van der Waals surface area contributed by atoms with E-state index in [2.05, 4.69) is 73.1 Å². The Bertz CT molecular complexity index is 1000. The van der Waals surface area contributed by atoms with Crippen LogP contribution in [-0.4, -0.2) is 9.55 Å². The zero-order chi connectivity index (χ0) is 16.7. The number of hydrogen-bond acceptors (Lipinski definition) is 2. The summed E-state index contributed by atoms with van der Waals surface area (Å²) in [6.45, 7) is 6.89. The first kappa shape index (κ1) is 14.8. The van der Waals surface area contributed by atoms with Crippen molar-refractivity contribution in [3.8, 4) is 11.5 Å². The summed E-state index contributed by atoms with van der Waals surface area (Å²) < 4.78 is 8.16. The zero-order valence-electron chi connectivity index (χ0n) is 14.2. The second-order valence-electron chi connectivity index (χ2n) is 6.40. The van der Waals surface area contributed by atoms with E-state index in [4.69, 9.17) is 9.40 Å². The number of fused-ring (bicyclic) bond motifs is 1. The quantitative estimate of drug-likeness (QED) is 0.515. The maximum atomic E-state index is 5.95. The number of benzene rings is 2. The minimum atomic E-state index is 0.700. The maximum Gasteiger partial charge on any atom is 0.226 e. The Balaban J connectivity index is 1.71. The number of aromatic nitrogens is 2. The highest BCUT2D eigenvalue weighted by Gasteiger charge is 2.13. The lowest BCUT2D eigenvalue weighted by atomic mass is 10.1. The average molecular weight is 316 g/mol. The van der Waals surface area contributed by atoms with E-state index < -0.39 is 0 Å². The SMILES string of the molecule is Cc1cc(C)cc(-c2nc(Cn3ccc4ccccc43)c(C)o2)c1. The van der Waals surface area contributed by atoms with Gasteiger partial charge in [0.2, 0.25) is 5.89 Å². The summed E-state index contributed by atoms with van der Waals surface area (Å²) in [6, 6.07) is 16.9. The normalized spacial score (nSPS) is 11.3. The Hall–Kier alpha value is -2.81. The first-order chi connectivity index (χ1) is 11.6. The van der Waals surface area contributed by atoms with Crippen molar-refractivity contribution in [3.63, 3.8) is 0 Å². The van der Waals surface area contributed by atoms with Gasteiger partial charge in [-0.15, -0.1) is 0 Å². The smallest absolute Gasteiger partial charge is 0.226 e. The molecule has 0 unspecified atom stereocenters. The Morgan fingerprint density at radius 1 is 0.958 bits per heavy atom. The van der Waals surface area contributed by atoms with E-state index >= 15 is 0 Å². The number of rotatable bonds is 3. The van der Waals surface area contributed by atoms with Gasteiger partial charge in [-0.3, -0.25) is 0 Å². The van der Waals surface area contributed by atoms with Gasteiger partial charge in [0.25, 0.3) is 0 Å². The lowest BCUT2D eigenvalue weighted by molar-refractivity contribution is 0.538. The van der Waals surface area contributed by atoms with Crippen molar-refractivity contribution < 1.29 is 4.42 Å². The van der Waals surface area contributed by atoms with E-state index in [-0.39, 0.29) is 0 Å². The highest BCUT2D eigenvalue weighted by Crippen LogP contribution is 2.25. The van der Waals surface area contributed by atoms with Gasteiger partial charge < -0.3 is 8.98 Å². The topological polar surface area (TPSA) is 31.0 Å². The molecule has 2 aromatic heterocycles. The number of oxazole rings is 1. The molecule has 0 N–H and O–H groups in total. The summed E-state index contributed by atoms with van der Waals surface area (Å²) in [5.74, 6) is 1.58. The second kappa shape index (κ2) is 5.68. The van der Waals surface area contributed by atoms with Crippen molar-refractivity contribution in [2.75, 3.05) is 0 Å². The molecule has 0 aliphatic rings. The number of para-hydroxylation sites is 1. The third-order valence-corrected chi connectivity index (χ3v) is 4.36. The standard InChI is InChI=1S/C21H20N2O/c1-14-10-15(2)12-18(11-14)21-22-19(16(3)24-21)13-23-9-8-17-6-4-5-7-20(17)23/h4-12H,13H2,1-3H3. The molecule has 0 bridgehead atoms. The van der Waals surface area contributed by atoms with E-state index in [1.807, 2.05) is 6.92 Å². The molecule has 3 heteroatoms. The molecule has 2 aromatic carbocycles. The molecule has 0 spiro atoms. The molecule has 0 saturated carbocycles. The van der Waals surface area contributed by atoms with Crippen molar-refractivity contribution >= 4 is 10.9 Å². The predicted octanol–water partition coefficient (Wildman–Crippen LogP) is 5.27. The molecular formula is C21H20N2O. The maximum absolute atomic E-state index is 5.95. The third-order valence-electron chi connectivity index (χ3n) is 4.36. The van der Waals surface area contributed by atoms with Gasteiger partial charge in [-0.05, 0) is 50.4 Å². The average Bonchev–Trinajstić information content (AvgIpc) is 3.12. The Labute approximate surface area is 141 Å². The van der Waals surface area contributed by atoms with Crippen LogP contribution in [0.5, 0.6) is 0 Å². The molecule has 4 aromatic rings. The lowest BCUT2D eigenvalue weighted by Gasteiger charge is -2.03. The van der Waals surface area contributed by atoms with E-state index in [0.29, 0.717) is 12.4 Å². The highest BCUT2D eigenvalue weighted by atomic mass is 16.4. The van der Waals surface area contributed by atoms with Crippen LogP contribution in [-0.2, 0) is 6.54 Å². The fourth-order valence-electron chi connectivity index (χ4n) is 3.24. The second-order valence-corrected chi connectivity index (χ2v) is 6.40. The van der Waals surface area contributed by atoms with Gasteiger partial charge in [0.1, 0.15) is 11.5 Å². The molecule has 3 nitrogen and oxygen atoms in total. The van der Waals surface area contributed by atoms with Crippen molar-refractivity contribution in [3.05, 3.63) is 77.3 Å². The number of aryl methyl sites for hydroxylation is 3. The number of hydrogen-bond donors (Lipinski definition) is 0. The van der Waals surface area contributed by atoms with Gasteiger partial charge in [0.05, 0.1) is 6.54 Å². The van der Waals surface area contributed by atoms with E-state index in [1.165, 1.54) is 22.0 Å². The van der Waals surface area contributed by atoms with E-state index in [1.54, 1.807) is 0 Å². The summed E-state index contributed by atoms with van der Waals surface area (Å²) in [4.78, 5) is 4.76. The molecule has 120 valence electrons. The molecule has 2 heterocycles. The fraction of sp³-hybridized carbons (Fsp3) is 0.190. The van der Waals surface area contributed by atoms with Gasteiger partial charge in [0, 0.05) is 17.3 Å². The van der Waals surface area contributed by atoms with Crippen LogP contribution >= 0.6 is 0 Å². The van der Waals surface area contributed by atoms with Crippen LogP contribution in [0.15, 0.2) is 59.1 Å². The Morgan fingerprint density at radius 3 is 2.50 bits per heavy atom. The van der Waals surface area contributed by atoms with E-state index in [9.17, 15) is 0 Å². The molecule has 24 heavy (non-hydrogen) atoms. The Morgan fingerprint density at radius 2 is 1.71 bits per heavy atom. The first-order valence-corrected chi connectivity index (χ1v) is 8.19. The summed E-state index contributed by atoms with van der Waals surface area (Å²) in [5.41, 5.74) is 5.68. The van der Waals surface area contributed by atoms with Crippen LogP contribution in [0.3, 0.4) is 0 Å². The molecule has 4 rings (SSSR count). The van der Waals surface area contributed by atoms with Crippen LogP contribution in [0.25, 0.3) is 22.4 Å². The van der Waals surface area contributed by atoms with Crippen LogP contribution in [0, 0.1) is 20.8 Å². The fourth-order valence-corrected chi connectivity index (χ4v) is 3.24. The lowest BCUT2D eigenvalue weighted by Crippen LogP contribution is -1.99. The Kier molecular flexibility index (Phi) is 3.49. The minimum Gasteiger partial charge on any atom is -0.441 e. The predicted molar refractivity (Wildman–Crippen MR) is 97.2 cm³/mol. The van der Waals surface area contributed by atoms with Crippen molar-refractivity contribution in [1.82, 2.24) is 9.55 Å². The van der Waals surface area contributed by atoms with Crippen molar-refractivity contribution in [2.45, 2.75) is 27.3 Å². The molecule has 0 saturated heterocycles. The van der Waals surface area contributed by atoms with Gasteiger partial charge in [-0.2, -0.15) is 0 Å². The van der Waals surface area contributed by atoms with Crippen molar-refractivity contribution in [2.24, 2.45) is 0 Å². The van der Waals surface area contributed by atoms with E-state index in [0.717, 1.165) is 17.0 Å². The molecule has 0 aliphatic heterocycles. The van der Waals surface area contributed by atoms with Gasteiger partial charge in [0.15, 0.2) is 0 Å². The van der Waals surface area contributed by atoms with Gasteiger partial charge in [-0.25, -0.2) is 4.98 Å². The summed E-state index contributed by atoms with van der Waals surface area (Å²) in [7, 11) is 0. The summed E-state index contributed by atoms with van der Waals surface area (Å²) >= 11 is 0. The largest absolute Gasteiger partial charge is 0.441 e. The third kappa shape index (κ3) is 2.62. The molecular weight excluding hydrogens is 296 g/mol. The van der Waals surface area contributed by atoms with Crippen LogP contribution in [0.1, 0.15) is 22.6 Å². The van der Waals surface area contributed by atoms with Crippen LogP contribution in [0.2, 0.25) is 0 Å². The van der Waals surface area contributed by atoms with Crippen LogP contribution < -0.4 is 0 Å². The molecule has 0 fully saturated rings. The van der Waals surface area contributed by atoms with Crippen molar-refractivity contribution in [1.29, 1.82) is 0 Å². The number of nitrogens with zero attached hydrogens (tertiary/aromatic N) is 2. The monoisotopic (exact) mass is 316 g/mol. The summed E-state index contributed by atoms with van der Waals surface area (Å²) in [6.07, 6.45) is 2.11. The molecule has 0 amide bonds. The van der Waals surface area contributed by atoms with Gasteiger partial charge in [-0.1, -0.05) is 35.4 Å². The highest BCUT2D eigenvalue weighted by molar-refractivity contribution is 5.80. The van der Waals surface area contributed by atoms with Gasteiger partial charge >= 0.3 is 0 Å². The molecule has 0 radical (unpaired) electrons. The molecule has 0 aliphatic carbocycles. The summed E-state index contributed by atoms with van der Waals surface area (Å²) in [5, 5.41) is 1.24. The minimum absolute atomic E-state index is 0.700. The van der Waals surface area contributed by atoms with Crippen LogP contribution in [0.4, 0.5) is 0 Å². The zero-order valence-corrected chi connectivity index (χ0v) is 14.2. The first-order valence-electron chi connectivity index (χ1n) is 8.19.